The molecule has 1 aromatic carbocycles. The molecule has 1 rings (SSSR count). The molecule has 0 saturated heterocycles. The molecule has 0 amide bonds. The van der Waals surface area contributed by atoms with Crippen molar-refractivity contribution in [1.29, 1.82) is 0 Å². The lowest BCUT2D eigenvalue weighted by atomic mass is 10.2. The van der Waals surface area contributed by atoms with Crippen LogP contribution in [0.3, 0.4) is 0 Å². The summed E-state index contributed by atoms with van der Waals surface area (Å²) in [5, 5.41) is 0. The third-order valence-electron chi connectivity index (χ3n) is 1.88. The van der Waals surface area contributed by atoms with Crippen LogP contribution >= 0.6 is 0 Å². The van der Waals surface area contributed by atoms with Crippen molar-refractivity contribution >= 4 is 12.4 Å². The third kappa shape index (κ3) is 4.27. The molecule has 0 N–H and O–H groups in total. The van der Waals surface area contributed by atoms with Crippen molar-refractivity contribution in [1.82, 2.24) is 0 Å². The van der Waals surface area contributed by atoms with Crippen molar-refractivity contribution in [3.8, 4) is 5.75 Å². The number of hydrogen-bond donors (Lipinski definition) is 0. The smallest absolute Gasteiger partial charge is 0.123 e. The van der Waals surface area contributed by atoms with Gasteiger partial charge in [0.25, 0.3) is 0 Å². The van der Waals surface area contributed by atoms with Crippen molar-refractivity contribution in [3.63, 3.8) is 0 Å². The first-order chi connectivity index (χ1) is 7.36. The van der Waals surface area contributed by atoms with Gasteiger partial charge < -0.3 is 9.53 Å². The standard InChI is InChI=1S/C13H14O2/c1-15-13-9-7-12(8-10-13)6-4-2-3-5-11-14/h2-4,6-11H,5H2,1H3/b3-2+,6-4+. The van der Waals surface area contributed by atoms with Crippen LogP contribution in [0, 0.1) is 0 Å². The van der Waals surface area contributed by atoms with Crippen LogP contribution in [0.4, 0.5) is 0 Å². The van der Waals surface area contributed by atoms with Gasteiger partial charge in [-0.25, -0.2) is 0 Å². The van der Waals surface area contributed by atoms with E-state index in [0.29, 0.717) is 6.42 Å². The lowest BCUT2D eigenvalue weighted by molar-refractivity contribution is -0.107. The summed E-state index contributed by atoms with van der Waals surface area (Å²) in [6, 6.07) is 7.77. The lowest BCUT2D eigenvalue weighted by Crippen LogP contribution is -1.81. The topological polar surface area (TPSA) is 26.3 Å². The first-order valence-corrected chi connectivity index (χ1v) is 4.77. The molecule has 1 aromatic rings. The molecule has 0 spiro atoms. The van der Waals surface area contributed by atoms with Crippen LogP contribution in [0.5, 0.6) is 5.75 Å². The Kier molecular flexibility index (Phi) is 4.95. The first-order valence-electron chi connectivity index (χ1n) is 4.77. The molecule has 15 heavy (non-hydrogen) atoms. The van der Waals surface area contributed by atoms with Gasteiger partial charge in [0.05, 0.1) is 7.11 Å². The van der Waals surface area contributed by atoms with E-state index < -0.39 is 0 Å². The Morgan fingerprint density at radius 3 is 2.53 bits per heavy atom. The highest BCUT2D eigenvalue weighted by Gasteiger charge is 1.88. The fourth-order valence-corrected chi connectivity index (χ4v) is 1.09. The van der Waals surface area contributed by atoms with E-state index in [1.165, 1.54) is 0 Å². The van der Waals surface area contributed by atoms with Gasteiger partial charge in [-0.05, 0) is 17.7 Å². The number of benzene rings is 1. The quantitative estimate of drug-likeness (QED) is 0.542. The monoisotopic (exact) mass is 202 g/mol. The number of methoxy groups -OCH3 is 1. The average Bonchev–Trinajstić information content (AvgIpc) is 2.30. The van der Waals surface area contributed by atoms with Crippen LogP contribution in [-0.2, 0) is 4.79 Å². The van der Waals surface area contributed by atoms with Gasteiger partial charge in [-0.2, -0.15) is 0 Å². The van der Waals surface area contributed by atoms with E-state index in [0.717, 1.165) is 17.6 Å². The predicted octanol–water partition coefficient (Wildman–Crippen LogP) is 2.85. The van der Waals surface area contributed by atoms with Crippen LogP contribution in [0.1, 0.15) is 12.0 Å². The van der Waals surface area contributed by atoms with E-state index >= 15 is 0 Å². The molecule has 78 valence electrons. The Labute approximate surface area is 89.9 Å². The summed E-state index contributed by atoms with van der Waals surface area (Å²) in [5.41, 5.74) is 1.10. The van der Waals surface area contributed by atoms with Crippen LogP contribution in [0.2, 0.25) is 0 Å². The highest BCUT2D eigenvalue weighted by atomic mass is 16.5. The van der Waals surface area contributed by atoms with E-state index in [2.05, 4.69) is 0 Å². The molecular weight excluding hydrogens is 188 g/mol. The van der Waals surface area contributed by atoms with Crippen LogP contribution in [0.15, 0.2) is 42.5 Å². The predicted molar refractivity (Wildman–Crippen MR) is 61.8 cm³/mol. The fourth-order valence-electron chi connectivity index (χ4n) is 1.09. The largest absolute Gasteiger partial charge is 0.497 e. The molecule has 0 heterocycles. The molecule has 0 fully saturated rings. The van der Waals surface area contributed by atoms with Crippen molar-refractivity contribution in [2.75, 3.05) is 7.11 Å². The second-order valence-electron chi connectivity index (χ2n) is 2.96. The highest BCUT2D eigenvalue weighted by Crippen LogP contribution is 2.12. The van der Waals surface area contributed by atoms with Crippen molar-refractivity contribution < 1.29 is 9.53 Å². The van der Waals surface area contributed by atoms with Gasteiger partial charge in [0, 0.05) is 6.42 Å². The molecular formula is C13H14O2. The fraction of sp³-hybridized carbons (Fsp3) is 0.154. The zero-order valence-corrected chi connectivity index (χ0v) is 8.72. The number of allylic oxidation sites excluding steroid dienone is 3. The zero-order chi connectivity index (χ0) is 10.9. The van der Waals surface area contributed by atoms with Gasteiger partial charge in [-0.15, -0.1) is 0 Å². The van der Waals surface area contributed by atoms with Gasteiger partial charge in [-0.3, -0.25) is 0 Å². The van der Waals surface area contributed by atoms with E-state index in [4.69, 9.17) is 4.74 Å². The number of carbonyl (C=O) groups excluding carboxylic acids is 1. The molecule has 0 bridgehead atoms. The maximum Gasteiger partial charge on any atom is 0.123 e. The minimum absolute atomic E-state index is 0.465. The molecule has 0 radical (unpaired) electrons. The molecule has 0 saturated carbocycles. The average molecular weight is 202 g/mol. The zero-order valence-electron chi connectivity index (χ0n) is 8.72. The van der Waals surface area contributed by atoms with E-state index in [-0.39, 0.29) is 0 Å². The number of rotatable bonds is 5. The molecule has 0 atom stereocenters. The van der Waals surface area contributed by atoms with Gasteiger partial charge in [0.1, 0.15) is 12.0 Å². The van der Waals surface area contributed by atoms with Crippen molar-refractivity contribution in [2.45, 2.75) is 6.42 Å². The SMILES string of the molecule is COc1ccc(/C=C/C=C/CC=O)cc1. The maximum atomic E-state index is 10.0. The molecule has 2 nitrogen and oxygen atoms in total. The first kappa shape index (κ1) is 11.2. The molecule has 0 aliphatic heterocycles. The van der Waals surface area contributed by atoms with Crippen LogP contribution < -0.4 is 4.74 Å². The van der Waals surface area contributed by atoms with Crippen molar-refractivity contribution in [3.05, 3.63) is 48.1 Å². The van der Waals surface area contributed by atoms with E-state index in [9.17, 15) is 4.79 Å². The minimum atomic E-state index is 0.465. The number of hydrogen-bond acceptors (Lipinski definition) is 2. The second-order valence-corrected chi connectivity index (χ2v) is 2.96. The second kappa shape index (κ2) is 6.60. The number of ether oxygens (including phenoxy) is 1. The minimum Gasteiger partial charge on any atom is -0.497 e. The Morgan fingerprint density at radius 1 is 1.20 bits per heavy atom. The van der Waals surface area contributed by atoms with Gasteiger partial charge >= 0.3 is 0 Å². The van der Waals surface area contributed by atoms with Crippen molar-refractivity contribution in [2.24, 2.45) is 0 Å². The third-order valence-corrected chi connectivity index (χ3v) is 1.88. The molecule has 0 unspecified atom stereocenters. The summed E-state index contributed by atoms with van der Waals surface area (Å²) in [6.07, 6.45) is 8.89. The van der Waals surface area contributed by atoms with Crippen LogP contribution in [-0.4, -0.2) is 13.4 Å². The molecule has 0 aliphatic rings. The van der Waals surface area contributed by atoms with Gasteiger partial charge in [0.15, 0.2) is 0 Å². The molecule has 0 aromatic heterocycles. The Balaban J connectivity index is 2.53. The molecule has 0 aliphatic carbocycles. The normalized spacial score (nSPS) is 11.0. The Morgan fingerprint density at radius 2 is 1.93 bits per heavy atom. The van der Waals surface area contributed by atoms with Gasteiger partial charge in [-0.1, -0.05) is 36.4 Å². The summed E-state index contributed by atoms with van der Waals surface area (Å²) in [4.78, 5) is 10.0. The highest BCUT2D eigenvalue weighted by molar-refractivity contribution is 5.54. The summed E-state index contributed by atoms with van der Waals surface area (Å²) in [6.45, 7) is 0. The number of carbonyl (C=O) groups is 1. The Hall–Kier alpha value is -1.83. The van der Waals surface area contributed by atoms with E-state index in [1.807, 2.05) is 48.6 Å². The molecule has 2 heteroatoms. The lowest BCUT2D eigenvalue weighted by Gasteiger charge is -1.98. The summed E-state index contributed by atoms with van der Waals surface area (Å²) in [7, 11) is 1.65. The maximum absolute atomic E-state index is 10.0. The van der Waals surface area contributed by atoms with Gasteiger partial charge in [0.2, 0.25) is 0 Å². The summed E-state index contributed by atoms with van der Waals surface area (Å²) in [5.74, 6) is 0.851. The summed E-state index contributed by atoms with van der Waals surface area (Å²) >= 11 is 0. The Bertz CT molecular complexity index is 347. The van der Waals surface area contributed by atoms with E-state index in [1.54, 1.807) is 7.11 Å². The summed E-state index contributed by atoms with van der Waals surface area (Å²) < 4.78 is 5.05. The van der Waals surface area contributed by atoms with Crippen LogP contribution in [0.25, 0.3) is 6.08 Å². The number of aldehydes is 1.